The highest BCUT2D eigenvalue weighted by atomic mass is 16.1. The minimum Gasteiger partial charge on any atom is -0.273 e. The van der Waals surface area contributed by atoms with Gasteiger partial charge < -0.3 is 0 Å². The SMILES string of the molecule is CCCCCCCCCCCCCCCCCC(=O)[N]C. The molecular formula is C19H38NO. The Balaban J connectivity index is 2.98. The maximum Gasteiger partial charge on any atom is 0.240 e. The molecule has 0 fully saturated rings. The lowest BCUT2D eigenvalue weighted by atomic mass is 10.0. The van der Waals surface area contributed by atoms with E-state index in [1.54, 1.807) is 7.05 Å². The van der Waals surface area contributed by atoms with Crippen LogP contribution < -0.4 is 5.32 Å². The van der Waals surface area contributed by atoms with Crippen molar-refractivity contribution < 1.29 is 4.79 Å². The molecule has 0 aromatic carbocycles. The Hall–Kier alpha value is -0.530. The molecule has 0 heterocycles. The van der Waals surface area contributed by atoms with Gasteiger partial charge in [0, 0.05) is 13.5 Å². The first-order valence-electron chi connectivity index (χ1n) is 9.44. The number of hydrogen-bond acceptors (Lipinski definition) is 1. The molecule has 1 amide bonds. The average Bonchev–Trinajstić information content (AvgIpc) is 2.50. The van der Waals surface area contributed by atoms with Gasteiger partial charge in [-0.05, 0) is 6.42 Å². The lowest BCUT2D eigenvalue weighted by Gasteiger charge is -2.03. The third-order valence-corrected chi connectivity index (χ3v) is 4.24. The summed E-state index contributed by atoms with van der Waals surface area (Å²) in [7, 11) is 1.59. The number of rotatable bonds is 16. The molecule has 0 unspecified atom stereocenters. The van der Waals surface area contributed by atoms with Gasteiger partial charge in [0.2, 0.25) is 5.91 Å². The van der Waals surface area contributed by atoms with Gasteiger partial charge >= 0.3 is 0 Å². The van der Waals surface area contributed by atoms with E-state index in [9.17, 15) is 4.79 Å². The molecule has 2 heteroatoms. The van der Waals surface area contributed by atoms with Crippen molar-refractivity contribution in [3.63, 3.8) is 0 Å². The summed E-state index contributed by atoms with van der Waals surface area (Å²) in [4.78, 5) is 11.0. The van der Waals surface area contributed by atoms with E-state index < -0.39 is 0 Å². The molecular weight excluding hydrogens is 258 g/mol. The van der Waals surface area contributed by atoms with Gasteiger partial charge in [0.25, 0.3) is 0 Å². The van der Waals surface area contributed by atoms with Crippen LogP contribution in [0.5, 0.6) is 0 Å². The van der Waals surface area contributed by atoms with E-state index >= 15 is 0 Å². The monoisotopic (exact) mass is 296 g/mol. The highest BCUT2D eigenvalue weighted by molar-refractivity contribution is 5.75. The Bertz CT molecular complexity index is 216. The fourth-order valence-electron chi connectivity index (χ4n) is 2.76. The van der Waals surface area contributed by atoms with Crippen LogP contribution in [0.2, 0.25) is 0 Å². The standard InChI is InChI=1S/C19H38NO/c1-3-4-5-6-7-8-9-10-11-12-13-14-15-16-17-18-19(21)20-2/h3-18H2,1-2H3. The molecule has 21 heavy (non-hydrogen) atoms. The number of nitrogens with zero attached hydrogens (tertiary/aromatic N) is 1. The van der Waals surface area contributed by atoms with Crippen LogP contribution in [0.1, 0.15) is 110 Å². The van der Waals surface area contributed by atoms with Gasteiger partial charge in [0.15, 0.2) is 0 Å². The molecule has 0 aliphatic carbocycles. The van der Waals surface area contributed by atoms with Crippen molar-refractivity contribution in [1.29, 1.82) is 0 Å². The van der Waals surface area contributed by atoms with E-state index in [-0.39, 0.29) is 5.91 Å². The molecule has 0 spiro atoms. The number of carbonyl (C=O) groups excluding carboxylic acids is 1. The molecule has 0 aliphatic heterocycles. The lowest BCUT2D eigenvalue weighted by Crippen LogP contribution is -2.09. The van der Waals surface area contributed by atoms with Gasteiger partial charge in [-0.3, -0.25) is 10.1 Å². The molecule has 0 atom stereocenters. The van der Waals surface area contributed by atoms with Gasteiger partial charge in [0.1, 0.15) is 0 Å². The van der Waals surface area contributed by atoms with Crippen LogP contribution in [0.25, 0.3) is 0 Å². The average molecular weight is 297 g/mol. The maximum absolute atomic E-state index is 11.0. The fraction of sp³-hybridized carbons (Fsp3) is 0.947. The number of carbonyl (C=O) groups is 1. The number of unbranched alkanes of at least 4 members (excludes halogenated alkanes) is 14. The van der Waals surface area contributed by atoms with E-state index in [2.05, 4.69) is 12.2 Å². The summed E-state index contributed by atoms with van der Waals surface area (Å²) >= 11 is 0. The molecule has 0 bridgehead atoms. The number of amides is 1. The van der Waals surface area contributed by atoms with Crippen molar-refractivity contribution in [2.24, 2.45) is 0 Å². The van der Waals surface area contributed by atoms with Crippen molar-refractivity contribution in [1.82, 2.24) is 5.32 Å². The van der Waals surface area contributed by atoms with Crippen molar-refractivity contribution in [3.05, 3.63) is 0 Å². The molecule has 125 valence electrons. The van der Waals surface area contributed by atoms with Gasteiger partial charge in [-0.15, -0.1) is 0 Å². The Morgan fingerprint density at radius 3 is 1.29 bits per heavy atom. The van der Waals surface area contributed by atoms with E-state index in [4.69, 9.17) is 0 Å². The summed E-state index contributed by atoms with van der Waals surface area (Å²) in [6, 6.07) is 0. The first kappa shape index (κ1) is 20.5. The highest BCUT2D eigenvalue weighted by Gasteiger charge is 1.98. The zero-order valence-electron chi connectivity index (χ0n) is 14.7. The van der Waals surface area contributed by atoms with Crippen LogP contribution in [0, 0.1) is 0 Å². The van der Waals surface area contributed by atoms with Crippen LogP contribution in [0.3, 0.4) is 0 Å². The molecule has 0 aromatic rings. The zero-order chi connectivity index (χ0) is 15.6. The Labute approximate surface area is 133 Å². The van der Waals surface area contributed by atoms with E-state index in [1.165, 1.54) is 89.9 Å². The van der Waals surface area contributed by atoms with Crippen LogP contribution >= 0.6 is 0 Å². The van der Waals surface area contributed by atoms with Gasteiger partial charge in [-0.1, -0.05) is 96.8 Å². The van der Waals surface area contributed by atoms with Crippen LogP contribution in [-0.4, -0.2) is 13.0 Å². The summed E-state index contributed by atoms with van der Waals surface area (Å²) in [6.45, 7) is 2.28. The summed E-state index contributed by atoms with van der Waals surface area (Å²) in [6.07, 6.45) is 21.1. The maximum atomic E-state index is 11.0. The Morgan fingerprint density at radius 2 is 0.952 bits per heavy atom. The number of hydrogen-bond donors (Lipinski definition) is 0. The molecule has 0 saturated heterocycles. The van der Waals surface area contributed by atoms with Crippen LogP contribution in [0.4, 0.5) is 0 Å². The molecule has 0 N–H and O–H groups in total. The van der Waals surface area contributed by atoms with Gasteiger partial charge in [0.05, 0.1) is 0 Å². The minimum absolute atomic E-state index is 0.0599. The van der Waals surface area contributed by atoms with Crippen molar-refractivity contribution >= 4 is 5.91 Å². The lowest BCUT2D eigenvalue weighted by molar-refractivity contribution is -0.121. The predicted molar refractivity (Wildman–Crippen MR) is 92.6 cm³/mol. The predicted octanol–water partition coefficient (Wildman–Crippen LogP) is 6.01. The van der Waals surface area contributed by atoms with Gasteiger partial charge in [-0.2, -0.15) is 0 Å². The summed E-state index contributed by atoms with van der Waals surface area (Å²) < 4.78 is 0. The highest BCUT2D eigenvalue weighted by Crippen LogP contribution is 2.13. The van der Waals surface area contributed by atoms with Crippen LogP contribution in [-0.2, 0) is 4.79 Å². The van der Waals surface area contributed by atoms with E-state index in [0.29, 0.717) is 6.42 Å². The van der Waals surface area contributed by atoms with Gasteiger partial charge in [-0.25, -0.2) is 0 Å². The molecule has 0 aromatic heterocycles. The normalized spacial score (nSPS) is 10.8. The largest absolute Gasteiger partial charge is 0.273 e. The quantitative estimate of drug-likeness (QED) is 0.321. The second-order valence-electron chi connectivity index (χ2n) is 6.32. The minimum atomic E-state index is 0.0599. The molecule has 0 rings (SSSR count). The molecule has 0 aliphatic rings. The van der Waals surface area contributed by atoms with Crippen molar-refractivity contribution in [2.45, 2.75) is 110 Å². The smallest absolute Gasteiger partial charge is 0.240 e. The second-order valence-corrected chi connectivity index (χ2v) is 6.32. The topological polar surface area (TPSA) is 31.2 Å². The third-order valence-electron chi connectivity index (χ3n) is 4.24. The molecule has 2 nitrogen and oxygen atoms in total. The van der Waals surface area contributed by atoms with Crippen LogP contribution in [0.15, 0.2) is 0 Å². The van der Waals surface area contributed by atoms with E-state index in [1.807, 2.05) is 0 Å². The van der Waals surface area contributed by atoms with E-state index in [0.717, 1.165) is 6.42 Å². The first-order chi connectivity index (χ1) is 10.3. The fourth-order valence-corrected chi connectivity index (χ4v) is 2.76. The molecule has 1 radical (unpaired) electrons. The third kappa shape index (κ3) is 17.4. The molecule has 0 saturated carbocycles. The second kappa shape index (κ2) is 17.5. The van der Waals surface area contributed by atoms with Crippen molar-refractivity contribution in [2.75, 3.05) is 7.05 Å². The first-order valence-corrected chi connectivity index (χ1v) is 9.44. The summed E-state index contributed by atoms with van der Waals surface area (Å²) in [5.41, 5.74) is 0. The zero-order valence-corrected chi connectivity index (χ0v) is 14.7. The summed E-state index contributed by atoms with van der Waals surface area (Å²) in [5.74, 6) is 0.0599. The summed E-state index contributed by atoms with van der Waals surface area (Å²) in [5, 5.41) is 3.65. The Morgan fingerprint density at radius 1 is 0.619 bits per heavy atom. The van der Waals surface area contributed by atoms with Crippen molar-refractivity contribution in [3.8, 4) is 0 Å². The Kier molecular flexibility index (Phi) is 17.1.